The Morgan fingerprint density at radius 2 is 1.71 bits per heavy atom. The second-order valence-corrected chi connectivity index (χ2v) is 11.9. The minimum absolute atomic E-state index is 0. The van der Waals surface area contributed by atoms with Crippen molar-refractivity contribution in [1.82, 2.24) is 24.1 Å². The van der Waals surface area contributed by atoms with Crippen molar-refractivity contribution in [3.8, 4) is 11.4 Å². The molecule has 1 amide bonds. The number of Topliss-reactive ketones (excluding diaryl/α,β-unsaturated/α-hetero) is 1. The molecule has 3 aromatic rings. The Morgan fingerprint density at radius 1 is 1.02 bits per heavy atom. The van der Waals surface area contributed by atoms with Gasteiger partial charge >= 0.3 is 17.5 Å². The molecule has 42 heavy (non-hydrogen) atoms. The molecular formula is C30H34ClN5O6. The quantitative estimate of drug-likeness (QED) is 0.350. The largest absolute Gasteiger partial charge is 0.483 e. The van der Waals surface area contributed by atoms with E-state index < -0.39 is 34.7 Å². The number of nitrogens with zero attached hydrogens (tertiary/aromatic N) is 4. The molecule has 3 aliphatic rings. The van der Waals surface area contributed by atoms with Crippen LogP contribution >= 0.6 is 12.4 Å². The molecule has 1 saturated heterocycles. The van der Waals surface area contributed by atoms with Gasteiger partial charge in [-0.05, 0) is 76.1 Å². The fourth-order valence-electron chi connectivity index (χ4n) is 6.54. The van der Waals surface area contributed by atoms with E-state index in [0.29, 0.717) is 30.1 Å². The lowest BCUT2D eigenvalue weighted by Crippen LogP contribution is -2.61. The van der Waals surface area contributed by atoms with Crippen molar-refractivity contribution in [2.24, 2.45) is 0 Å². The van der Waals surface area contributed by atoms with E-state index in [1.807, 2.05) is 52.0 Å². The Morgan fingerprint density at radius 3 is 2.36 bits per heavy atom. The third-order valence-corrected chi connectivity index (χ3v) is 8.66. The first kappa shape index (κ1) is 29.4. The summed E-state index contributed by atoms with van der Waals surface area (Å²) in [4.78, 5) is 52.6. The zero-order valence-corrected chi connectivity index (χ0v) is 24.9. The highest BCUT2D eigenvalue weighted by Crippen LogP contribution is 2.47. The normalized spacial score (nSPS) is 21.5. The second-order valence-electron chi connectivity index (χ2n) is 11.9. The number of amides is 1. The van der Waals surface area contributed by atoms with Gasteiger partial charge in [0.1, 0.15) is 17.4 Å². The lowest BCUT2D eigenvalue weighted by atomic mass is 9.80. The number of fused-ring (bicyclic) bond motifs is 5. The highest BCUT2D eigenvalue weighted by Gasteiger charge is 2.46. The van der Waals surface area contributed by atoms with E-state index in [1.165, 1.54) is 21.2 Å². The first-order valence-corrected chi connectivity index (χ1v) is 13.7. The average Bonchev–Trinajstić information content (AvgIpc) is 3.17. The number of carboxylic acid groups (broad SMARTS) is 1. The molecule has 222 valence electrons. The molecule has 1 aromatic heterocycles. The van der Waals surface area contributed by atoms with E-state index in [9.17, 15) is 24.3 Å². The number of aromatic nitrogens is 3. The fraction of sp³-hybridized carbons (Fsp3) is 0.400. The molecule has 11 nitrogen and oxygen atoms in total. The van der Waals surface area contributed by atoms with Gasteiger partial charge in [-0.2, -0.15) is 0 Å². The standard InChI is InChI=1S/C30H33N5O6.ClH/c1-17(36)18-6-9-20(10-7-18)34-26(37)33-14-12-22-24(35(33)27(34)38)21-11-8-19(16-23(21)41-30(22,4)5)25-29(2,3)32(28(39)40)15-13-31-25;/h6-12,16,24-25,31H,13-15H2,1-5H3,(H,39,40);1H. The van der Waals surface area contributed by atoms with Crippen LogP contribution in [0.25, 0.3) is 5.69 Å². The summed E-state index contributed by atoms with van der Waals surface area (Å²) >= 11 is 0. The number of piperazine rings is 1. The van der Waals surface area contributed by atoms with Crippen LogP contribution in [-0.2, 0) is 6.54 Å². The van der Waals surface area contributed by atoms with Crippen LogP contribution in [0.15, 0.2) is 63.7 Å². The van der Waals surface area contributed by atoms with Gasteiger partial charge in [-0.15, -0.1) is 12.4 Å². The van der Waals surface area contributed by atoms with E-state index in [2.05, 4.69) is 5.32 Å². The van der Waals surface area contributed by atoms with Gasteiger partial charge in [0.15, 0.2) is 5.78 Å². The zero-order valence-electron chi connectivity index (χ0n) is 24.1. The molecule has 2 unspecified atom stereocenters. The molecule has 0 aliphatic carbocycles. The number of allylic oxidation sites excluding steroid dienone is 1. The van der Waals surface area contributed by atoms with Gasteiger partial charge in [0.05, 0.1) is 23.8 Å². The van der Waals surface area contributed by atoms with Crippen LogP contribution in [0.3, 0.4) is 0 Å². The molecule has 0 spiro atoms. The lowest BCUT2D eigenvalue weighted by molar-refractivity contribution is 0.0478. The van der Waals surface area contributed by atoms with Crippen molar-refractivity contribution in [1.29, 1.82) is 0 Å². The number of rotatable bonds is 3. The predicted molar refractivity (Wildman–Crippen MR) is 158 cm³/mol. The van der Waals surface area contributed by atoms with Crippen molar-refractivity contribution < 1.29 is 19.4 Å². The Kier molecular flexibility index (Phi) is 7.02. The Bertz CT molecular complexity index is 1750. The third kappa shape index (κ3) is 4.30. The van der Waals surface area contributed by atoms with E-state index in [4.69, 9.17) is 4.74 Å². The van der Waals surface area contributed by atoms with Gasteiger partial charge in [-0.1, -0.05) is 18.2 Å². The van der Waals surface area contributed by atoms with Crippen molar-refractivity contribution in [3.63, 3.8) is 0 Å². The minimum Gasteiger partial charge on any atom is -0.483 e. The van der Waals surface area contributed by atoms with Gasteiger partial charge < -0.3 is 20.1 Å². The second kappa shape index (κ2) is 10.0. The molecule has 2 atom stereocenters. The molecule has 1 fully saturated rings. The number of ketones is 1. The average molecular weight is 596 g/mol. The molecule has 4 heterocycles. The third-order valence-electron chi connectivity index (χ3n) is 8.66. The van der Waals surface area contributed by atoms with Gasteiger partial charge in [0.2, 0.25) is 0 Å². The van der Waals surface area contributed by atoms with E-state index in [0.717, 1.165) is 21.3 Å². The Balaban J connectivity index is 0.00000353. The summed E-state index contributed by atoms with van der Waals surface area (Å²) in [6.45, 7) is 10.2. The van der Waals surface area contributed by atoms with Crippen LogP contribution in [-0.4, -0.2) is 60.0 Å². The van der Waals surface area contributed by atoms with Gasteiger partial charge in [-0.3, -0.25) is 4.79 Å². The van der Waals surface area contributed by atoms with E-state index in [-0.39, 0.29) is 30.8 Å². The van der Waals surface area contributed by atoms with Crippen LogP contribution in [0.4, 0.5) is 4.79 Å². The molecule has 2 N–H and O–H groups in total. The summed E-state index contributed by atoms with van der Waals surface area (Å²) in [6, 6.07) is 11.3. The SMILES string of the molecule is CC(=O)c1ccc(-n2c(=O)n3n(c2=O)C2C(=CC3)C(C)(C)Oc3cc(C4NCCN(C(=O)O)C4(C)C)ccc32)cc1.Cl. The predicted octanol–water partition coefficient (Wildman–Crippen LogP) is 3.53. The van der Waals surface area contributed by atoms with Crippen LogP contribution in [0, 0.1) is 0 Å². The molecule has 6 rings (SSSR count). The van der Waals surface area contributed by atoms with Gasteiger partial charge in [0.25, 0.3) is 0 Å². The summed E-state index contributed by atoms with van der Waals surface area (Å²) in [6.07, 6.45) is 0.980. The van der Waals surface area contributed by atoms with Crippen molar-refractivity contribution >= 4 is 24.3 Å². The summed E-state index contributed by atoms with van der Waals surface area (Å²) in [7, 11) is 0. The topological polar surface area (TPSA) is 128 Å². The highest BCUT2D eigenvalue weighted by atomic mass is 35.5. The highest BCUT2D eigenvalue weighted by molar-refractivity contribution is 5.94. The molecule has 0 saturated carbocycles. The molecular weight excluding hydrogens is 562 g/mol. The number of carbonyl (C=O) groups excluding carboxylic acids is 1. The maximum absolute atomic E-state index is 13.9. The van der Waals surface area contributed by atoms with Gasteiger partial charge in [-0.25, -0.2) is 28.3 Å². The summed E-state index contributed by atoms with van der Waals surface area (Å²) in [5, 5.41) is 13.2. The number of halogens is 1. The molecule has 2 aromatic carbocycles. The monoisotopic (exact) mass is 595 g/mol. The van der Waals surface area contributed by atoms with Crippen molar-refractivity contribution in [2.75, 3.05) is 13.1 Å². The van der Waals surface area contributed by atoms with Crippen molar-refractivity contribution in [3.05, 3.63) is 91.8 Å². The van der Waals surface area contributed by atoms with E-state index >= 15 is 0 Å². The van der Waals surface area contributed by atoms with Crippen LogP contribution in [0.2, 0.25) is 0 Å². The zero-order chi connectivity index (χ0) is 29.4. The Labute approximate surface area is 248 Å². The summed E-state index contributed by atoms with van der Waals surface area (Å²) < 4.78 is 10.6. The number of hydrogen-bond acceptors (Lipinski definition) is 6. The maximum atomic E-state index is 13.9. The molecule has 0 bridgehead atoms. The number of carbonyl (C=O) groups is 2. The van der Waals surface area contributed by atoms with Gasteiger partial charge in [0, 0.05) is 24.2 Å². The molecule has 12 heteroatoms. The Hall–Kier alpha value is -4.09. The number of hydrogen-bond donors (Lipinski definition) is 2. The van der Waals surface area contributed by atoms with Crippen LogP contribution in [0.1, 0.15) is 68.2 Å². The first-order valence-electron chi connectivity index (χ1n) is 13.7. The number of benzene rings is 2. The minimum atomic E-state index is -0.966. The molecule has 3 aliphatic heterocycles. The summed E-state index contributed by atoms with van der Waals surface area (Å²) in [5.41, 5.74) is 0.914. The summed E-state index contributed by atoms with van der Waals surface area (Å²) in [5.74, 6) is 0.472. The fourth-order valence-corrected chi connectivity index (χ4v) is 6.54. The maximum Gasteiger partial charge on any atom is 0.407 e. The van der Waals surface area contributed by atoms with Crippen LogP contribution < -0.4 is 21.4 Å². The van der Waals surface area contributed by atoms with Crippen molar-refractivity contribution in [2.45, 2.75) is 64.4 Å². The van der Waals surface area contributed by atoms with E-state index in [1.54, 1.807) is 24.3 Å². The number of nitrogens with one attached hydrogen (secondary N) is 1. The lowest BCUT2D eigenvalue weighted by Gasteiger charge is -2.48. The number of ether oxygens (including phenoxy) is 1. The van der Waals surface area contributed by atoms with Crippen LogP contribution in [0.5, 0.6) is 5.75 Å². The molecule has 0 radical (unpaired) electrons. The first-order chi connectivity index (χ1) is 19.3. The smallest absolute Gasteiger partial charge is 0.407 e.